The third kappa shape index (κ3) is 5.11. The third-order valence-electron chi connectivity index (χ3n) is 2.54. The lowest BCUT2D eigenvalue weighted by Crippen LogP contribution is -2.29. The lowest BCUT2D eigenvalue weighted by Gasteiger charge is -2.15. The van der Waals surface area contributed by atoms with Crippen LogP contribution in [0.3, 0.4) is 0 Å². The molecular formula is C13H17ClO5S. The molecule has 0 heterocycles. The lowest BCUT2D eigenvalue weighted by molar-refractivity contribution is -0.156. The summed E-state index contributed by atoms with van der Waals surface area (Å²) >= 11 is 0. The first-order valence-corrected chi connectivity index (χ1v) is 8.51. The highest BCUT2D eigenvalue weighted by atomic mass is 35.7. The largest absolute Gasteiger partial charge is 0.464 e. The van der Waals surface area contributed by atoms with Crippen LogP contribution >= 0.6 is 10.7 Å². The summed E-state index contributed by atoms with van der Waals surface area (Å²) in [7, 11) is 1.50. The van der Waals surface area contributed by atoms with Crippen LogP contribution < -0.4 is 0 Å². The molecule has 0 bridgehead atoms. The first-order chi connectivity index (χ1) is 9.38. The van der Waals surface area contributed by atoms with Crippen molar-refractivity contribution in [2.45, 2.75) is 31.3 Å². The molecule has 0 N–H and O–H groups in total. The maximum absolute atomic E-state index is 11.7. The molecule has 1 atom stereocenters. The monoisotopic (exact) mass is 320 g/mol. The predicted molar refractivity (Wildman–Crippen MR) is 75.2 cm³/mol. The molecule has 0 amide bonds. The molecule has 0 aromatic heterocycles. The Bertz CT molecular complexity index is 538. The Morgan fingerprint density at radius 2 is 1.80 bits per heavy atom. The first kappa shape index (κ1) is 16.9. The van der Waals surface area contributed by atoms with Gasteiger partial charge in [0.2, 0.25) is 0 Å². The predicted octanol–water partition coefficient (Wildman–Crippen LogP) is 2.12. The molecule has 0 aliphatic heterocycles. The highest BCUT2D eigenvalue weighted by Crippen LogP contribution is 2.16. The van der Waals surface area contributed by atoms with E-state index in [1.807, 2.05) is 0 Å². The fourth-order valence-electron chi connectivity index (χ4n) is 1.65. The van der Waals surface area contributed by atoms with Crippen LogP contribution in [0.15, 0.2) is 29.2 Å². The van der Waals surface area contributed by atoms with E-state index in [-0.39, 0.29) is 11.5 Å². The number of ether oxygens (including phenoxy) is 2. The van der Waals surface area contributed by atoms with Gasteiger partial charge in [-0.05, 0) is 31.5 Å². The summed E-state index contributed by atoms with van der Waals surface area (Å²) in [5.74, 6) is -0.427. The Kier molecular flexibility index (Phi) is 6.45. The van der Waals surface area contributed by atoms with Crippen LogP contribution in [0.1, 0.15) is 19.4 Å². The molecule has 0 aliphatic carbocycles. The van der Waals surface area contributed by atoms with Crippen LogP contribution in [0.2, 0.25) is 0 Å². The molecule has 20 heavy (non-hydrogen) atoms. The minimum atomic E-state index is -3.73. The van der Waals surface area contributed by atoms with Gasteiger partial charge in [-0.1, -0.05) is 12.1 Å². The van der Waals surface area contributed by atoms with Gasteiger partial charge in [-0.3, -0.25) is 0 Å². The van der Waals surface area contributed by atoms with Crippen LogP contribution in [-0.4, -0.2) is 33.7 Å². The Balaban J connectivity index is 2.81. The van der Waals surface area contributed by atoms with Gasteiger partial charge in [0.15, 0.2) is 6.10 Å². The average Bonchev–Trinajstić information content (AvgIpc) is 2.38. The standard InChI is InChI=1S/C13H17ClO5S/c1-3-18-12(13(15)19-4-2)9-10-5-7-11(8-6-10)20(14,16)17/h5-8,12H,3-4,9H2,1-2H3/t12-/m1/s1. The Hall–Kier alpha value is -1.11. The summed E-state index contributed by atoms with van der Waals surface area (Å²) in [6.45, 7) is 4.18. The third-order valence-corrected chi connectivity index (χ3v) is 3.91. The second kappa shape index (κ2) is 7.61. The Morgan fingerprint density at radius 1 is 1.20 bits per heavy atom. The number of esters is 1. The highest BCUT2D eigenvalue weighted by molar-refractivity contribution is 8.13. The van der Waals surface area contributed by atoms with Crippen LogP contribution in [0, 0.1) is 0 Å². The van der Waals surface area contributed by atoms with Crippen molar-refractivity contribution in [3.8, 4) is 0 Å². The van der Waals surface area contributed by atoms with E-state index in [9.17, 15) is 13.2 Å². The van der Waals surface area contributed by atoms with Gasteiger partial charge in [-0.25, -0.2) is 13.2 Å². The van der Waals surface area contributed by atoms with Crippen LogP contribution in [0.4, 0.5) is 0 Å². The van der Waals surface area contributed by atoms with Crippen molar-refractivity contribution in [3.05, 3.63) is 29.8 Å². The molecule has 0 spiro atoms. The average molecular weight is 321 g/mol. The number of benzene rings is 1. The van der Waals surface area contributed by atoms with Crippen molar-refractivity contribution >= 4 is 25.7 Å². The van der Waals surface area contributed by atoms with Gasteiger partial charge in [0.25, 0.3) is 9.05 Å². The number of rotatable bonds is 7. The maximum atomic E-state index is 11.7. The molecule has 0 aliphatic rings. The molecule has 0 unspecified atom stereocenters. The fourth-order valence-corrected chi connectivity index (χ4v) is 2.42. The SMILES string of the molecule is CCOC(=O)[C@@H](Cc1ccc(S(=O)(=O)Cl)cc1)OCC. The first-order valence-electron chi connectivity index (χ1n) is 6.20. The van der Waals surface area contributed by atoms with Crippen molar-refractivity contribution < 1.29 is 22.7 Å². The zero-order chi connectivity index (χ0) is 15.2. The van der Waals surface area contributed by atoms with Gasteiger partial charge < -0.3 is 9.47 Å². The van der Waals surface area contributed by atoms with E-state index in [0.717, 1.165) is 5.56 Å². The van der Waals surface area contributed by atoms with E-state index in [1.165, 1.54) is 12.1 Å². The van der Waals surface area contributed by atoms with Crippen molar-refractivity contribution in [3.63, 3.8) is 0 Å². The molecule has 0 fully saturated rings. The van der Waals surface area contributed by atoms with Crippen molar-refractivity contribution in [2.24, 2.45) is 0 Å². The molecule has 7 heteroatoms. The number of carbonyl (C=O) groups excluding carboxylic acids is 1. The normalized spacial score (nSPS) is 12.9. The van der Waals surface area contributed by atoms with E-state index >= 15 is 0 Å². The van der Waals surface area contributed by atoms with Gasteiger partial charge in [0.1, 0.15) is 0 Å². The molecule has 112 valence electrons. The minimum absolute atomic E-state index is 0.0204. The van der Waals surface area contributed by atoms with Gasteiger partial charge in [0, 0.05) is 23.7 Å². The van der Waals surface area contributed by atoms with E-state index in [0.29, 0.717) is 13.0 Å². The van der Waals surface area contributed by atoms with Gasteiger partial charge >= 0.3 is 5.97 Å². The van der Waals surface area contributed by atoms with Gasteiger partial charge in [-0.2, -0.15) is 0 Å². The molecule has 5 nitrogen and oxygen atoms in total. The maximum Gasteiger partial charge on any atom is 0.335 e. The summed E-state index contributed by atoms with van der Waals surface area (Å²) < 4.78 is 32.5. The van der Waals surface area contributed by atoms with E-state index in [2.05, 4.69) is 0 Å². The molecule has 1 aromatic rings. The molecular weight excluding hydrogens is 304 g/mol. The summed E-state index contributed by atoms with van der Waals surface area (Å²) in [5.41, 5.74) is 0.764. The smallest absolute Gasteiger partial charge is 0.335 e. The number of carbonyl (C=O) groups is 1. The Labute approximate surface area is 123 Å². The van der Waals surface area contributed by atoms with E-state index in [4.69, 9.17) is 20.2 Å². The second-order valence-corrected chi connectivity index (χ2v) is 6.55. The Morgan fingerprint density at radius 3 is 2.25 bits per heavy atom. The lowest BCUT2D eigenvalue weighted by atomic mass is 10.1. The van der Waals surface area contributed by atoms with Crippen molar-refractivity contribution in [1.29, 1.82) is 0 Å². The minimum Gasteiger partial charge on any atom is -0.464 e. The van der Waals surface area contributed by atoms with Gasteiger partial charge in [0.05, 0.1) is 11.5 Å². The summed E-state index contributed by atoms with van der Waals surface area (Å²) in [4.78, 5) is 11.7. The molecule has 0 radical (unpaired) electrons. The topological polar surface area (TPSA) is 69.7 Å². The second-order valence-electron chi connectivity index (χ2n) is 3.98. The van der Waals surface area contributed by atoms with Crippen LogP contribution in [0.25, 0.3) is 0 Å². The number of halogens is 1. The summed E-state index contributed by atoms with van der Waals surface area (Å²) in [6.07, 6.45) is -0.381. The summed E-state index contributed by atoms with van der Waals surface area (Å²) in [6, 6.07) is 5.98. The molecule has 0 saturated carbocycles. The van der Waals surface area contributed by atoms with Crippen LogP contribution in [0.5, 0.6) is 0 Å². The quantitative estimate of drug-likeness (QED) is 0.568. The fraction of sp³-hybridized carbons (Fsp3) is 0.462. The van der Waals surface area contributed by atoms with E-state index in [1.54, 1.807) is 26.0 Å². The van der Waals surface area contributed by atoms with Gasteiger partial charge in [-0.15, -0.1) is 0 Å². The van der Waals surface area contributed by atoms with Crippen LogP contribution in [-0.2, 0) is 29.7 Å². The molecule has 0 saturated heterocycles. The summed E-state index contributed by atoms with van der Waals surface area (Å²) in [5, 5.41) is 0. The number of hydrogen-bond acceptors (Lipinski definition) is 5. The zero-order valence-electron chi connectivity index (χ0n) is 11.3. The number of hydrogen-bond donors (Lipinski definition) is 0. The van der Waals surface area contributed by atoms with Crippen molar-refractivity contribution in [1.82, 2.24) is 0 Å². The van der Waals surface area contributed by atoms with Crippen molar-refractivity contribution in [2.75, 3.05) is 13.2 Å². The highest BCUT2D eigenvalue weighted by Gasteiger charge is 2.20. The zero-order valence-corrected chi connectivity index (χ0v) is 12.9. The molecule has 1 rings (SSSR count). The molecule has 1 aromatic carbocycles. The van der Waals surface area contributed by atoms with E-state index < -0.39 is 21.1 Å².